The van der Waals surface area contributed by atoms with Gasteiger partial charge in [-0.2, -0.15) is 0 Å². The summed E-state index contributed by atoms with van der Waals surface area (Å²) in [6.45, 7) is 1.83. The van der Waals surface area contributed by atoms with Gasteiger partial charge in [0.25, 0.3) is 0 Å². The first-order valence-corrected chi connectivity index (χ1v) is 9.11. The minimum Gasteiger partial charge on any atom is -0.315 e. The molecule has 0 heterocycles. The molecule has 0 aliphatic heterocycles. The maximum atomic E-state index is 12.1. The number of nitrogens with zero attached hydrogens (tertiary/aromatic N) is 2. The number of hydrogen-bond acceptors (Lipinski definition) is 3. The van der Waals surface area contributed by atoms with E-state index in [0.717, 1.165) is 16.8 Å². The predicted octanol–water partition coefficient (Wildman–Crippen LogP) is 2.98. The van der Waals surface area contributed by atoms with Crippen LogP contribution in [0.4, 0.5) is 5.69 Å². The van der Waals surface area contributed by atoms with E-state index >= 15 is 0 Å². The van der Waals surface area contributed by atoms with Crippen LogP contribution in [-0.2, 0) is 14.8 Å². The van der Waals surface area contributed by atoms with Crippen molar-refractivity contribution in [3.63, 3.8) is 0 Å². The number of carbonyl (C=O) groups excluding carboxylic acids is 1. The highest BCUT2D eigenvalue weighted by Gasteiger charge is 2.17. The normalized spacial score (nSPS) is 11.5. The van der Waals surface area contributed by atoms with Crippen molar-refractivity contribution >= 4 is 21.6 Å². The third-order valence-corrected chi connectivity index (χ3v) is 5.71. The molecule has 0 aliphatic carbocycles. The Morgan fingerprint density at radius 1 is 0.958 bits per heavy atom. The lowest BCUT2D eigenvalue weighted by Gasteiger charge is -2.17. The van der Waals surface area contributed by atoms with Crippen LogP contribution in [0.25, 0.3) is 11.1 Å². The zero-order valence-corrected chi connectivity index (χ0v) is 15.2. The molecule has 2 rings (SSSR count). The third-order valence-electron chi connectivity index (χ3n) is 3.88. The minimum atomic E-state index is -3.43. The fourth-order valence-corrected chi connectivity index (χ4v) is 3.21. The van der Waals surface area contributed by atoms with Crippen LogP contribution in [0.5, 0.6) is 0 Å². The van der Waals surface area contributed by atoms with Gasteiger partial charge in [-0.05, 0) is 35.4 Å². The first kappa shape index (κ1) is 18.2. The molecule has 0 radical (unpaired) electrons. The highest BCUT2D eigenvalue weighted by Crippen LogP contribution is 2.26. The quantitative estimate of drug-likeness (QED) is 0.836. The second kappa shape index (κ2) is 7.15. The van der Waals surface area contributed by atoms with Crippen molar-refractivity contribution in [3.8, 4) is 11.1 Å². The summed E-state index contributed by atoms with van der Waals surface area (Å²) in [6, 6.07) is 14.4. The molecule has 5 nitrogen and oxygen atoms in total. The molecule has 0 aromatic heterocycles. The first-order chi connectivity index (χ1) is 11.3. The SMILES string of the molecule is CCC(=O)N(C)c1cccc(-c2ccc(S(=O)(=O)N(C)C)cc2)c1. The Kier molecular flexibility index (Phi) is 5.41. The largest absolute Gasteiger partial charge is 0.315 e. The lowest BCUT2D eigenvalue weighted by molar-refractivity contribution is -0.118. The van der Waals surface area contributed by atoms with Gasteiger partial charge in [0.2, 0.25) is 15.9 Å². The monoisotopic (exact) mass is 346 g/mol. The number of benzene rings is 2. The summed E-state index contributed by atoms with van der Waals surface area (Å²) in [5.74, 6) is 0.0413. The van der Waals surface area contributed by atoms with Crippen molar-refractivity contribution in [3.05, 3.63) is 48.5 Å². The topological polar surface area (TPSA) is 57.7 Å². The van der Waals surface area contributed by atoms with Crippen LogP contribution in [0.2, 0.25) is 0 Å². The van der Waals surface area contributed by atoms with Crippen LogP contribution >= 0.6 is 0 Å². The van der Waals surface area contributed by atoms with Gasteiger partial charge >= 0.3 is 0 Å². The third kappa shape index (κ3) is 3.66. The van der Waals surface area contributed by atoms with E-state index in [2.05, 4.69) is 0 Å². The van der Waals surface area contributed by atoms with Gasteiger partial charge in [-0.15, -0.1) is 0 Å². The summed E-state index contributed by atoms with van der Waals surface area (Å²) < 4.78 is 25.4. The zero-order valence-electron chi connectivity index (χ0n) is 14.4. The van der Waals surface area contributed by atoms with Gasteiger partial charge in [-0.1, -0.05) is 31.2 Å². The Bertz CT molecular complexity index is 828. The van der Waals surface area contributed by atoms with E-state index in [9.17, 15) is 13.2 Å². The van der Waals surface area contributed by atoms with E-state index in [0.29, 0.717) is 6.42 Å². The van der Waals surface area contributed by atoms with Gasteiger partial charge in [-0.3, -0.25) is 4.79 Å². The van der Waals surface area contributed by atoms with E-state index in [1.165, 1.54) is 18.4 Å². The van der Waals surface area contributed by atoms with Gasteiger partial charge in [0.15, 0.2) is 0 Å². The predicted molar refractivity (Wildman–Crippen MR) is 96.5 cm³/mol. The molecule has 0 N–H and O–H groups in total. The van der Waals surface area contributed by atoms with E-state index in [4.69, 9.17) is 0 Å². The van der Waals surface area contributed by atoms with Crippen molar-refractivity contribution in [2.75, 3.05) is 26.0 Å². The summed E-state index contributed by atoms with van der Waals surface area (Å²) >= 11 is 0. The molecule has 2 aromatic carbocycles. The van der Waals surface area contributed by atoms with Crippen LogP contribution < -0.4 is 4.90 Å². The smallest absolute Gasteiger partial charge is 0.242 e. The van der Waals surface area contributed by atoms with Gasteiger partial charge in [0.1, 0.15) is 0 Å². The van der Waals surface area contributed by atoms with Gasteiger partial charge in [0, 0.05) is 33.3 Å². The summed E-state index contributed by atoms with van der Waals surface area (Å²) in [5, 5.41) is 0. The van der Waals surface area contributed by atoms with E-state index in [1.54, 1.807) is 36.2 Å². The van der Waals surface area contributed by atoms with Crippen molar-refractivity contribution < 1.29 is 13.2 Å². The zero-order chi connectivity index (χ0) is 17.9. The second-order valence-electron chi connectivity index (χ2n) is 5.67. The van der Waals surface area contributed by atoms with Gasteiger partial charge in [-0.25, -0.2) is 12.7 Å². The Balaban J connectivity index is 2.35. The second-order valence-corrected chi connectivity index (χ2v) is 7.82. The molecular weight excluding hydrogens is 324 g/mol. The molecule has 2 aromatic rings. The lowest BCUT2D eigenvalue weighted by Crippen LogP contribution is -2.24. The van der Waals surface area contributed by atoms with Crippen molar-refractivity contribution in [1.29, 1.82) is 0 Å². The molecule has 128 valence electrons. The van der Waals surface area contributed by atoms with Crippen LogP contribution in [-0.4, -0.2) is 39.8 Å². The molecule has 0 atom stereocenters. The molecule has 0 spiro atoms. The lowest BCUT2D eigenvalue weighted by atomic mass is 10.0. The van der Waals surface area contributed by atoms with Crippen LogP contribution in [0.15, 0.2) is 53.4 Å². The summed E-state index contributed by atoms with van der Waals surface area (Å²) in [4.78, 5) is 13.7. The fraction of sp³-hybridized carbons (Fsp3) is 0.278. The average molecular weight is 346 g/mol. The molecule has 1 amide bonds. The molecule has 0 fully saturated rings. The number of rotatable bonds is 5. The molecule has 6 heteroatoms. The summed E-state index contributed by atoms with van der Waals surface area (Å²) in [5.41, 5.74) is 2.63. The average Bonchev–Trinajstić information content (AvgIpc) is 2.60. The van der Waals surface area contributed by atoms with E-state index in [1.807, 2.05) is 31.2 Å². The van der Waals surface area contributed by atoms with E-state index < -0.39 is 10.0 Å². The first-order valence-electron chi connectivity index (χ1n) is 7.67. The number of carbonyl (C=O) groups is 1. The van der Waals surface area contributed by atoms with Crippen molar-refractivity contribution in [2.45, 2.75) is 18.2 Å². The van der Waals surface area contributed by atoms with Crippen molar-refractivity contribution in [1.82, 2.24) is 4.31 Å². The number of sulfonamides is 1. The number of amides is 1. The van der Waals surface area contributed by atoms with Crippen LogP contribution in [0, 0.1) is 0 Å². The summed E-state index contributed by atoms with van der Waals surface area (Å²) in [7, 11) is 1.33. The van der Waals surface area contributed by atoms with Crippen LogP contribution in [0.1, 0.15) is 13.3 Å². The molecule has 0 bridgehead atoms. The number of anilines is 1. The van der Waals surface area contributed by atoms with Crippen LogP contribution in [0.3, 0.4) is 0 Å². The fourth-order valence-electron chi connectivity index (χ4n) is 2.31. The standard InChI is InChI=1S/C18H22N2O3S/c1-5-18(21)20(4)16-8-6-7-15(13-16)14-9-11-17(12-10-14)24(22,23)19(2)3/h6-13H,5H2,1-4H3. The molecule has 0 saturated carbocycles. The van der Waals surface area contributed by atoms with Crippen molar-refractivity contribution in [2.24, 2.45) is 0 Å². The number of hydrogen-bond donors (Lipinski definition) is 0. The van der Waals surface area contributed by atoms with Gasteiger partial charge < -0.3 is 4.90 Å². The minimum absolute atomic E-state index is 0.0413. The molecule has 0 unspecified atom stereocenters. The highest BCUT2D eigenvalue weighted by atomic mass is 32.2. The van der Waals surface area contributed by atoms with E-state index in [-0.39, 0.29) is 10.8 Å². The Hall–Kier alpha value is -2.18. The highest BCUT2D eigenvalue weighted by molar-refractivity contribution is 7.89. The molecular formula is C18H22N2O3S. The maximum absolute atomic E-state index is 12.1. The summed E-state index contributed by atoms with van der Waals surface area (Å²) in [6.07, 6.45) is 0.442. The molecule has 0 saturated heterocycles. The molecule has 0 aliphatic rings. The Labute approximate surface area is 143 Å². The van der Waals surface area contributed by atoms with Gasteiger partial charge in [0.05, 0.1) is 4.90 Å². The molecule has 24 heavy (non-hydrogen) atoms. The Morgan fingerprint density at radius 2 is 1.58 bits per heavy atom. The maximum Gasteiger partial charge on any atom is 0.242 e. The Morgan fingerprint density at radius 3 is 2.12 bits per heavy atom.